The first-order chi connectivity index (χ1) is 31.1. The summed E-state index contributed by atoms with van der Waals surface area (Å²) in [4.78, 5) is 101. The quantitative estimate of drug-likeness (QED) is 0.0560. The smallest absolute Gasteiger partial charge is 0.327 e. The van der Waals surface area contributed by atoms with E-state index in [9.17, 15) is 33.6 Å². The lowest BCUT2D eigenvalue weighted by Crippen LogP contribution is -2.54. The Morgan fingerprint density at radius 3 is 2.56 bits per heavy atom. The summed E-state index contributed by atoms with van der Waals surface area (Å²) in [5.41, 5.74) is 3.79. The third kappa shape index (κ3) is 9.95. The van der Waals surface area contributed by atoms with Gasteiger partial charge in [0.25, 0.3) is 17.7 Å². The van der Waals surface area contributed by atoms with Crippen molar-refractivity contribution in [3.8, 4) is 11.1 Å². The number of benzene rings is 2. The summed E-state index contributed by atoms with van der Waals surface area (Å²) in [5, 5.41) is 11.4. The lowest BCUT2D eigenvalue weighted by molar-refractivity contribution is -0.136. The molecule has 0 aliphatic carbocycles. The number of imide groups is 2. The predicted octanol–water partition coefficient (Wildman–Crippen LogP) is 2.56. The minimum atomic E-state index is -1.03. The van der Waals surface area contributed by atoms with Crippen LogP contribution >= 0.6 is 0 Å². The summed E-state index contributed by atoms with van der Waals surface area (Å²) in [6, 6.07) is 13.1. The van der Waals surface area contributed by atoms with Gasteiger partial charge in [0, 0.05) is 80.3 Å². The van der Waals surface area contributed by atoms with Crippen LogP contribution in [0.3, 0.4) is 0 Å². The number of hydrogen-bond donors (Lipinski definition) is 5. The minimum Gasteiger partial charge on any atom is -0.384 e. The molecule has 1 fully saturated rings. The number of aryl methyl sites for hydroxylation is 1. The molecule has 2 atom stereocenters. The summed E-state index contributed by atoms with van der Waals surface area (Å²) in [6.07, 6.45) is 9.56. The first kappa shape index (κ1) is 43.7. The monoisotopic (exact) mass is 874 g/mol. The molecular formula is C45H50N10O9. The number of imidazole rings is 2. The molecule has 0 saturated carbocycles. The number of rotatable bonds is 20. The van der Waals surface area contributed by atoms with Crippen molar-refractivity contribution < 1.29 is 38.2 Å². The van der Waals surface area contributed by atoms with Crippen LogP contribution < -0.4 is 27.0 Å². The second-order valence-electron chi connectivity index (χ2n) is 15.9. The number of pyridine rings is 1. The Labute approximate surface area is 367 Å². The number of hydrogen-bond acceptors (Lipinski definition) is 12. The van der Waals surface area contributed by atoms with Gasteiger partial charge in [0.1, 0.15) is 11.9 Å². The van der Waals surface area contributed by atoms with Crippen molar-refractivity contribution in [2.24, 2.45) is 0 Å². The molecule has 3 aromatic heterocycles. The number of aromatic nitrogens is 5. The van der Waals surface area contributed by atoms with E-state index in [0.29, 0.717) is 74.6 Å². The van der Waals surface area contributed by atoms with Crippen molar-refractivity contribution in [3.63, 3.8) is 0 Å². The highest BCUT2D eigenvalue weighted by Crippen LogP contribution is 2.32. The van der Waals surface area contributed by atoms with Crippen molar-refractivity contribution in [3.05, 3.63) is 100 Å². The van der Waals surface area contributed by atoms with E-state index in [1.807, 2.05) is 30.5 Å². The zero-order chi connectivity index (χ0) is 44.6. The predicted molar refractivity (Wildman–Crippen MR) is 232 cm³/mol. The zero-order valence-corrected chi connectivity index (χ0v) is 35.2. The van der Waals surface area contributed by atoms with Crippen LogP contribution in [0.1, 0.15) is 81.8 Å². The largest absolute Gasteiger partial charge is 0.384 e. The molecule has 0 bridgehead atoms. The molecule has 64 heavy (non-hydrogen) atoms. The van der Waals surface area contributed by atoms with Crippen molar-refractivity contribution in [1.29, 1.82) is 0 Å². The van der Waals surface area contributed by atoms with Crippen LogP contribution in [0.5, 0.6) is 0 Å². The highest BCUT2D eigenvalue weighted by Gasteiger charge is 2.45. The average molecular weight is 875 g/mol. The lowest BCUT2D eigenvalue weighted by atomic mass is 10.0. The number of nitrogens with zero attached hydrogens (tertiary/aromatic N) is 5. The van der Waals surface area contributed by atoms with Gasteiger partial charge in [-0.05, 0) is 61.6 Å². The first-order valence-corrected chi connectivity index (χ1v) is 21.6. The van der Waals surface area contributed by atoms with E-state index in [2.05, 4.69) is 40.8 Å². The van der Waals surface area contributed by atoms with Gasteiger partial charge in [-0.1, -0.05) is 24.6 Å². The van der Waals surface area contributed by atoms with Gasteiger partial charge < -0.3 is 30.0 Å². The van der Waals surface area contributed by atoms with Gasteiger partial charge in [0.05, 0.1) is 49.6 Å². The van der Waals surface area contributed by atoms with Gasteiger partial charge in [-0.2, -0.15) is 0 Å². The second-order valence-corrected chi connectivity index (χ2v) is 15.9. The van der Waals surface area contributed by atoms with Crippen LogP contribution in [0, 0.1) is 0 Å². The second kappa shape index (κ2) is 20.0. The molecule has 0 radical (unpaired) electrons. The van der Waals surface area contributed by atoms with Crippen molar-refractivity contribution in [2.75, 3.05) is 44.8 Å². The number of nitrogens with one attached hydrogen (secondary N) is 5. The molecule has 19 heteroatoms. The summed E-state index contributed by atoms with van der Waals surface area (Å²) in [6.45, 7) is 3.15. The molecule has 6 heterocycles. The number of carbonyl (C=O) groups is 6. The Morgan fingerprint density at radius 2 is 1.70 bits per heavy atom. The van der Waals surface area contributed by atoms with Crippen molar-refractivity contribution >= 4 is 52.3 Å². The van der Waals surface area contributed by atoms with E-state index < -0.39 is 29.7 Å². The number of H-pyrrole nitrogens is 1. The van der Waals surface area contributed by atoms with E-state index in [0.717, 1.165) is 47.7 Å². The molecule has 6 amide bonds. The Balaban J connectivity index is 0.691. The Hall–Kier alpha value is -6.99. The number of anilines is 1. The molecule has 2 aromatic carbocycles. The van der Waals surface area contributed by atoms with Crippen LogP contribution in [0.15, 0.2) is 71.9 Å². The van der Waals surface area contributed by atoms with E-state index in [1.54, 1.807) is 41.2 Å². The third-order valence-electron chi connectivity index (χ3n) is 11.6. The molecule has 5 aromatic rings. The maximum absolute atomic E-state index is 13.3. The van der Waals surface area contributed by atoms with Crippen molar-refractivity contribution in [2.45, 2.75) is 76.5 Å². The normalized spacial score (nSPS) is 17.0. The van der Waals surface area contributed by atoms with Crippen LogP contribution in [0.2, 0.25) is 0 Å². The summed E-state index contributed by atoms with van der Waals surface area (Å²) in [5.74, 6) is -1.47. The molecule has 8 rings (SSSR count). The summed E-state index contributed by atoms with van der Waals surface area (Å²) < 4.78 is 15.0. The molecular weight excluding hydrogens is 825 g/mol. The van der Waals surface area contributed by atoms with Gasteiger partial charge >= 0.3 is 5.69 Å². The highest BCUT2D eigenvalue weighted by molar-refractivity contribution is 6.25. The molecule has 5 N–H and O–H groups in total. The van der Waals surface area contributed by atoms with E-state index >= 15 is 0 Å². The minimum absolute atomic E-state index is 0.00685. The molecule has 0 spiro atoms. The Morgan fingerprint density at radius 1 is 0.859 bits per heavy atom. The zero-order valence-electron chi connectivity index (χ0n) is 35.2. The van der Waals surface area contributed by atoms with Crippen molar-refractivity contribution in [1.82, 2.24) is 44.9 Å². The average Bonchev–Trinajstić information content (AvgIpc) is 3.97. The molecule has 3 aliphatic heterocycles. The Bertz CT molecular complexity index is 2630. The van der Waals surface area contributed by atoms with E-state index in [-0.39, 0.29) is 60.7 Å². The fourth-order valence-corrected chi connectivity index (χ4v) is 8.30. The SMILES string of the molecule is O=C(CCCCCNc1cccc2c1C(=O)N(C1CCC(=O)NC1=O)C2=O)NCCOCCOCCn1c(=O)[nH]c2ncc(-c3cccc(C(=O)NC4CCn5ccnc5C4)c3)cc21. The number of carbonyl (C=O) groups excluding carboxylic acids is 6. The molecule has 334 valence electrons. The third-order valence-corrected chi connectivity index (χ3v) is 11.6. The summed E-state index contributed by atoms with van der Waals surface area (Å²) >= 11 is 0. The van der Waals surface area contributed by atoms with Gasteiger partial charge in [0.15, 0.2) is 5.65 Å². The molecule has 19 nitrogen and oxygen atoms in total. The fourth-order valence-electron chi connectivity index (χ4n) is 8.30. The topological polar surface area (TPSA) is 241 Å². The van der Waals surface area contributed by atoms with Crippen LogP contribution in [0.4, 0.5) is 5.69 Å². The van der Waals surface area contributed by atoms with Gasteiger partial charge in [-0.25, -0.2) is 14.8 Å². The number of fused-ring (bicyclic) bond motifs is 3. The Kier molecular flexibility index (Phi) is 13.7. The number of unbranched alkanes of at least 4 members (excludes halogenated alkanes) is 2. The summed E-state index contributed by atoms with van der Waals surface area (Å²) in [7, 11) is 0. The number of ether oxygens (including phenoxy) is 2. The number of aromatic amines is 1. The number of piperidine rings is 1. The van der Waals surface area contributed by atoms with Gasteiger partial charge in [0.2, 0.25) is 17.7 Å². The van der Waals surface area contributed by atoms with Gasteiger partial charge in [-0.15, -0.1) is 0 Å². The molecule has 2 unspecified atom stereocenters. The van der Waals surface area contributed by atoms with E-state index in [4.69, 9.17) is 9.47 Å². The fraction of sp³-hybridized carbons (Fsp3) is 0.400. The maximum Gasteiger partial charge on any atom is 0.327 e. The number of amides is 6. The lowest BCUT2D eigenvalue weighted by Gasteiger charge is -2.27. The van der Waals surface area contributed by atoms with Crippen LogP contribution in [0.25, 0.3) is 22.3 Å². The standard InChI is InChI=1S/C45H50N10O9/c56-37(10-2-1-3-14-46-33-9-5-8-32-39(33)44(61)55(43(32)60)34-11-12-38(57)51-42(34)59)48-16-20-63-22-23-64-21-19-54-35-25-30(27-49-40(35)52-45(54)62)28-6-4-7-29(24-28)41(58)50-31-13-17-53-18-15-47-36(53)26-31/h4-9,15,18,24-25,27,31,34,46H,1-3,10-14,16-17,19-23,26H2,(H,48,56)(H,50,58)(H,49,52,62)(H,51,57,59). The van der Waals surface area contributed by atoms with Gasteiger partial charge in [-0.3, -0.25) is 48.5 Å². The molecule has 1 saturated heterocycles. The highest BCUT2D eigenvalue weighted by atomic mass is 16.5. The first-order valence-electron chi connectivity index (χ1n) is 21.6. The van der Waals surface area contributed by atoms with Crippen LogP contribution in [-0.2, 0) is 43.4 Å². The maximum atomic E-state index is 13.3. The molecule has 3 aliphatic rings. The van der Waals surface area contributed by atoms with Crippen LogP contribution in [-0.4, -0.2) is 116 Å². The van der Waals surface area contributed by atoms with E-state index in [1.165, 1.54) is 0 Å².